The van der Waals surface area contributed by atoms with E-state index in [1.165, 1.54) is 17.1 Å². The van der Waals surface area contributed by atoms with Crippen molar-refractivity contribution in [1.82, 2.24) is 19.8 Å². The summed E-state index contributed by atoms with van der Waals surface area (Å²) in [6.07, 6.45) is 6.79. The smallest absolute Gasteiger partial charge is 0.246 e. The Morgan fingerprint density at radius 1 is 1.09 bits per heavy atom. The zero-order valence-electron chi connectivity index (χ0n) is 18.4. The number of aromatic nitrogens is 3. The molecular formula is C25H25F2N5O. The molecule has 3 atom stereocenters. The predicted molar refractivity (Wildman–Crippen MR) is 119 cm³/mol. The molecular weight excluding hydrogens is 424 g/mol. The second-order valence-corrected chi connectivity index (χ2v) is 9.71. The molecule has 33 heavy (non-hydrogen) atoms. The molecule has 0 N–H and O–H groups in total. The molecule has 3 aromatic rings. The highest BCUT2D eigenvalue weighted by atomic mass is 19.1. The molecule has 3 fully saturated rings. The van der Waals surface area contributed by atoms with Gasteiger partial charge in [0.1, 0.15) is 17.2 Å². The number of hydrogen-bond acceptors (Lipinski definition) is 4. The normalized spacial score (nSPS) is 28.3. The van der Waals surface area contributed by atoms with E-state index in [-0.39, 0.29) is 11.8 Å². The molecule has 2 bridgehead atoms. The van der Waals surface area contributed by atoms with Crippen molar-refractivity contribution in [2.45, 2.75) is 45.2 Å². The number of carbonyl (C=O) groups excluding carboxylic acids is 1. The molecule has 3 heterocycles. The van der Waals surface area contributed by atoms with Crippen LogP contribution in [0.2, 0.25) is 0 Å². The summed E-state index contributed by atoms with van der Waals surface area (Å²) < 4.78 is 29.6. The molecule has 3 aliphatic carbocycles. The van der Waals surface area contributed by atoms with Gasteiger partial charge in [-0.2, -0.15) is 10.2 Å². The number of nitrogens with zero attached hydrogens (tertiary/aromatic N) is 5. The van der Waals surface area contributed by atoms with Gasteiger partial charge >= 0.3 is 0 Å². The lowest BCUT2D eigenvalue weighted by Crippen LogP contribution is -2.49. The minimum atomic E-state index is -0.639. The predicted octanol–water partition coefficient (Wildman–Crippen LogP) is 4.64. The average Bonchev–Trinajstić information content (AvgIpc) is 3.39. The van der Waals surface area contributed by atoms with E-state index < -0.39 is 17.7 Å². The zero-order chi connectivity index (χ0) is 22.7. The number of rotatable bonds is 4. The minimum Gasteiger partial charge on any atom is -0.273 e. The molecule has 7 rings (SSSR count). The van der Waals surface area contributed by atoms with Gasteiger partial charge in [-0.25, -0.2) is 18.8 Å². The number of aryl methyl sites for hydroxylation is 1. The van der Waals surface area contributed by atoms with Crippen LogP contribution in [0, 0.1) is 42.2 Å². The lowest BCUT2D eigenvalue weighted by Gasteiger charge is -2.51. The Morgan fingerprint density at radius 3 is 2.67 bits per heavy atom. The van der Waals surface area contributed by atoms with Crippen molar-refractivity contribution in [2.24, 2.45) is 28.8 Å². The fourth-order valence-corrected chi connectivity index (χ4v) is 5.94. The van der Waals surface area contributed by atoms with E-state index in [1.54, 1.807) is 12.4 Å². The Bertz CT molecular complexity index is 1240. The quantitative estimate of drug-likeness (QED) is 0.583. The average molecular weight is 450 g/mol. The zero-order valence-corrected chi connectivity index (χ0v) is 18.4. The number of carbonyl (C=O) groups is 1. The van der Waals surface area contributed by atoms with Gasteiger partial charge in [0.2, 0.25) is 5.91 Å². The third kappa shape index (κ3) is 3.52. The highest BCUT2D eigenvalue weighted by Crippen LogP contribution is 2.53. The molecule has 2 aromatic heterocycles. The third-order valence-corrected chi connectivity index (χ3v) is 7.69. The summed E-state index contributed by atoms with van der Waals surface area (Å²) in [5.41, 5.74) is 3.32. The first kappa shape index (κ1) is 20.4. The van der Waals surface area contributed by atoms with E-state index in [1.807, 2.05) is 17.7 Å². The summed E-state index contributed by atoms with van der Waals surface area (Å²) in [7, 11) is 0. The van der Waals surface area contributed by atoms with Crippen molar-refractivity contribution in [3.63, 3.8) is 0 Å². The highest BCUT2D eigenvalue weighted by molar-refractivity contribution is 5.82. The van der Waals surface area contributed by atoms with Gasteiger partial charge in [0.25, 0.3) is 0 Å². The Hall–Kier alpha value is -3.16. The molecule has 4 aliphatic rings. The molecule has 0 saturated heterocycles. The maximum Gasteiger partial charge on any atom is 0.246 e. The molecule has 1 aliphatic heterocycles. The van der Waals surface area contributed by atoms with E-state index in [9.17, 15) is 13.6 Å². The van der Waals surface area contributed by atoms with Crippen molar-refractivity contribution in [3.8, 4) is 0 Å². The van der Waals surface area contributed by atoms with Crippen LogP contribution in [0.3, 0.4) is 0 Å². The Labute approximate surface area is 190 Å². The lowest BCUT2D eigenvalue weighted by molar-refractivity contribution is -0.147. The summed E-state index contributed by atoms with van der Waals surface area (Å²) in [5.74, 6) is -0.123. The molecule has 1 amide bonds. The number of halogens is 2. The third-order valence-electron chi connectivity index (χ3n) is 7.69. The second kappa shape index (κ2) is 7.71. The second-order valence-electron chi connectivity index (χ2n) is 9.71. The number of amides is 1. The van der Waals surface area contributed by atoms with Crippen molar-refractivity contribution in [1.29, 1.82) is 0 Å². The van der Waals surface area contributed by atoms with Crippen LogP contribution in [-0.4, -0.2) is 31.9 Å². The van der Waals surface area contributed by atoms with Crippen LogP contribution in [-0.2, 0) is 11.3 Å². The molecule has 1 unspecified atom stereocenters. The van der Waals surface area contributed by atoms with Gasteiger partial charge < -0.3 is 0 Å². The van der Waals surface area contributed by atoms with Gasteiger partial charge in [-0.1, -0.05) is 0 Å². The molecule has 170 valence electrons. The van der Waals surface area contributed by atoms with Gasteiger partial charge in [0.05, 0.1) is 17.8 Å². The molecule has 0 radical (unpaired) electrons. The Kier molecular flexibility index (Phi) is 4.78. The number of benzene rings is 1. The van der Waals surface area contributed by atoms with Crippen LogP contribution in [0.1, 0.15) is 43.0 Å². The summed E-state index contributed by atoms with van der Waals surface area (Å²) >= 11 is 0. The van der Waals surface area contributed by atoms with Crippen molar-refractivity contribution < 1.29 is 13.6 Å². The summed E-state index contributed by atoms with van der Waals surface area (Å²) in [4.78, 5) is 18.1. The van der Waals surface area contributed by atoms with Crippen molar-refractivity contribution in [3.05, 3.63) is 59.4 Å². The van der Waals surface area contributed by atoms with Crippen LogP contribution in [0.25, 0.3) is 11.0 Å². The number of hydrazone groups is 1. The fraction of sp³-hybridized carbons (Fsp3) is 0.440. The van der Waals surface area contributed by atoms with Crippen LogP contribution in [0.5, 0.6) is 0 Å². The molecule has 3 saturated carbocycles. The van der Waals surface area contributed by atoms with E-state index >= 15 is 0 Å². The monoisotopic (exact) mass is 449 g/mol. The van der Waals surface area contributed by atoms with Gasteiger partial charge in [-0.15, -0.1) is 0 Å². The van der Waals surface area contributed by atoms with Gasteiger partial charge in [0, 0.05) is 36.9 Å². The molecule has 0 spiro atoms. The number of pyridine rings is 1. The van der Waals surface area contributed by atoms with E-state index in [0.29, 0.717) is 29.7 Å². The minimum absolute atomic E-state index is 0.0332. The van der Waals surface area contributed by atoms with Crippen LogP contribution in [0.4, 0.5) is 8.78 Å². The first-order chi connectivity index (χ1) is 16.0. The summed E-state index contributed by atoms with van der Waals surface area (Å²) in [5, 5.41) is 10.3. The van der Waals surface area contributed by atoms with E-state index in [4.69, 9.17) is 0 Å². The first-order valence-electron chi connectivity index (χ1n) is 11.6. The van der Waals surface area contributed by atoms with Crippen LogP contribution >= 0.6 is 0 Å². The SMILES string of the molecule is Cc1ccc2c(cnn2C[C@@H]2C[C@H](C(=O)N3N=CCC3c3cc(F)cc(F)c3)C3CC2C3)n1. The fourth-order valence-electron chi connectivity index (χ4n) is 5.94. The molecule has 1 aromatic carbocycles. The van der Waals surface area contributed by atoms with Gasteiger partial charge in [-0.3, -0.25) is 9.48 Å². The van der Waals surface area contributed by atoms with Gasteiger partial charge in [0.15, 0.2) is 0 Å². The van der Waals surface area contributed by atoms with Crippen molar-refractivity contribution >= 4 is 23.2 Å². The topological polar surface area (TPSA) is 63.4 Å². The van der Waals surface area contributed by atoms with E-state index in [0.717, 1.165) is 48.6 Å². The molecule has 8 heteroatoms. The van der Waals surface area contributed by atoms with Crippen molar-refractivity contribution in [2.75, 3.05) is 0 Å². The van der Waals surface area contributed by atoms with Crippen LogP contribution in [0.15, 0.2) is 41.6 Å². The van der Waals surface area contributed by atoms with Crippen LogP contribution < -0.4 is 0 Å². The number of fused-ring (bicyclic) bond motifs is 3. The van der Waals surface area contributed by atoms with E-state index in [2.05, 4.69) is 21.3 Å². The Morgan fingerprint density at radius 2 is 1.88 bits per heavy atom. The number of hydrogen-bond donors (Lipinski definition) is 0. The Balaban J connectivity index is 1.21. The summed E-state index contributed by atoms with van der Waals surface area (Å²) in [6, 6.07) is 7.04. The maximum absolute atomic E-state index is 13.8. The standard InChI is InChI=1S/C25H25F2N5O/c1-14-2-3-24-22(30-14)12-29-31(24)13-18-10-21(16-6-15(18)7-16)25(33)32-23(4-5-28-32)17-8-19(26)11-20(27)9-17/h2-3,5,8-9,11-12,15-16,18,21,23H,4,6-7,10,13H2,1H3/t15?,16?,18-,21-,23?/m0/s1. The lowest BCUT2D eigenvalue weighted by atomic mass is 9.55. The van der Waals surface area contributed by atoms with Gasteiger partial charge in [-0.05, 0) is 73.8 Å². The first-order valence-corrected chi connectivity index (χ1v) is 11.6. The summed E-state index contributed by atoms with van der Waals surface area (Å²) in [6.45, 7) is 2.73. The molecule has 6 nitrogen and oxygen atoms in total. The highest BCUT2D eigenvalue weighted by Gasteiger charge is 2.50. The largest absolute Gasteiger partial charge is 0.273 e. The maximum atomic E-state index is 13.8.